The molecule has 22 nitrogen and oxygen atoms in total. The van der Waals surface area contributed by atoms with Gasteiger partial charge in [-0.1, -0.05) is 60.1 Å². The van der Waals surface area contributed by atoms with Crippen molar-refractivity contribution < 1.29 is 109 Å². The summed E-state index contributed by atoms with van der Waals surface area (Å²) in [4.78, 5) is 25.1. The largest absolute Gasteiger partial charge is 0.479 e. The zero-order valence-corrected chi connectivity index (χ0v) is 41.6. The molecule has 13 N–H and O–H groups in total. The first-order valence-electron chi connectivity index (χ1n) is 25.0. The molecule has 3 heterocycles. The lowest BCUT2D eigenvalue weighted by Crippen LogP contribution is -2.76. The van der Waals surface area contributed by atoms with Gasteiger partial charge in [0.1, 0.15) is 73.2 Å². The summed E-state index contributed by atoms with van der Waals surface area (Å²) in [5.41, 5.74) is -4.51. The Labute approximate surface area is 412 Å². The van der Waals surface area contributed by atoms with Crippen molar-refractivity contribution in [1.82, 2.24) is 0 Å². The lowest BCUT2D eigenvalue weighted by Gasteiger charge is -2.73. The highest BCUT2D eigenvalue weighted by Crippen LogP contribution is 2.76. The van der Waals surface area contributed by atoms with E-state index in [0.29, 0.717) is 38.5 Å². The Hall–Kier alpha value is -2.04. The van der Waals surface area contributed by atoms with E-state index >= 15 is 0 Å². The molecule has 3 aliphatic heterocycles. The van der Waals surface area contributed by atoms with E-state index in [4.69, 9.17) is 33.2 Å². The average molecular weight is 1020 g/mol. The zero-order chi connectivity index (χ0) is 52.5. The van der Waals surface area contributed by atoms with Gasteiger partial charge >= 0.3 is 11.9 Å². The molecule has 0 aromatic carbocycles. The van der Waals surface area contributed by atoms with Crippen LogP contribution >= 0.6 is 0 Å². The molecule has 7 fully saturated rings. The van der Waals surface area contributed by atoms with Gasteiger partial charge < -0.3 is 99.5 Å². The van der Waals surface area contributed by atoms with Crippen molar-refractivity contribution in [3.05, 3.63) is 11.6 Å². The number of aliphatic hydroxyl groups excluding tert-OH is 12. The van der Waals surface area contributed by atoms with Crippen LogP contribution in [-0.4, -0.2) is 215 Å². The number of rotatable bonds is 10. The van der Waals surface area contributed by atoms with Crippen molar-refractivity contribution in [2.45, 2.75) is 210 Å². The minimum absolute atomic E-state index is 0.102. The molecular weight excluding hydrogens is 941 g/mol. The molecule has 8 aliphatic rings. The van der Waals surface area contributed by atoms with Crippen molar-refractivity contribution in [3.63, 3.8) is 0 Å². The molecule has 0 amide bonds. The number of hydrogen-bond acceptors (Lipinski definition) is 21. The smallest absolute Gasteiger partial charge is 0.335 e. The maximum absolute atomic E-state index is 12.8. The topological polar surface area (TPSA) is 362 Å². The van der Waals surface area contributed by atoms with E-state index in [1.807, 2.05) is 34.6 Å². The molecule has 0 aromatic heterocycles. The van der Waals surface area contributed by atoms with E-state index in [-0.39, 0.29) is 11.8 Å². The predicted molar refractivity (Wildman–Crippen MR) is 240 cm³/mol. The molecule has 0 unspecified atom stereocenters. The lowest BCUT2D eigenvalue weighted by molar-refractivity contribution is -0.392. The van der Waals surface area contributed by atoms with Crippen LogP contribution in [0.1, 0.15) is 93.9 Å². The summed E-state index contributed by atoms with van der Waals surface area (Å²) in [5.74, 6) is -3.07. The quantitative estimate of drug-likeness (QED) is 0.0627. The normalized spacial score (nSPS) is 53.5. The second-order valence-electron chi connectivity index (χ2n) is 23.9. The van der Waals surface area contributed by atoms with Gasteiger partial charge in [-0.3, -0.25) is 4.79 Å². The standard InChI is InChI=1S/C49H78O22/c1-19(52)66-39-38(62)49(18-51)21(15-44(39,2)3)20-9-10-25-46(6)13-12-26(45(4,5)24(46)11-14-47(25,7)48(20,8)36(60)37(49)61)68-43-35(71-42-31(58)29(56)28(55)23(16-50)67-42)33(32(59)34(70-43)40(63)64)69-41-30(57)27(54)22(53)17-65-41/h9,21-39,41-43,50-51,53-62H,10-18H2,1-8H3,(H,63,64)/t21-,22-,23+,24-,25+,26-,27-,28+,29-,30+,31+,32-,33-,34-,35+,36-,37+,38-,39-,41-,42-,43+,46-,47+,48-,49-/m0/s1. The molecule has 3 saturated heterocycles. The van der Waals surface area contributed by atoms with Gasteiger partial charge in [-0.15, -0.1) is 0 Å². The molecule has 0 bridgehead atoms. The van der Waals surface area contributed by atoms with E-state index in [9.17, 15) is 76.0 Å². The highest BCUT2D eigenvalue weighted by atomic mass is 16.8. The van der Waals surface area contributed by atoms with Crippen LogP contribution in [-0.2, 0) is 42.7 Å². The van der Waals surface area contributed by atoms with Gasteiger partial charge in [-0.25, -0.2) is 4.79 Å². The van der Waals surface area contributed by atoms with Crippen LogP contribution in [0.25, 0.3) is 0 Å². The number of carboxylic acids is 1. The number of ether oxygens (including phenoxy) is 7. The van der Waals surface area contributed by atoms with Crippen LogP contribution in [0.3, 0.4) is 0 Å². The van der Waals surface area contributed by atoms with E-state index in [2.05, 4.69) is 19.9 Å². The maximum atomic E-state index is 12.8. The van der Waals surface area contributed by atoms with E-state index < -0.39 is 187 Å². The van der Waals surface area contributed by atoms with Crippen molar-refractivity contribution in [1.29, 1.82) is 0 Å². The summed E-state index contributed by atoms with van der Waals surface area (Å²) >= 11 is 0. The summed E-state index contributed by atoms with van der Waals surface area (Å²) in [7, 11) is 0. The number of carboxylic acid groups (broad SMARTS) is 1. The monoisotopic (exact) mass is 1020 g/mol. The number of carbonyl (C=O) groups excluding carboxylic acids is 1. The van der Waals surface area contributed by atoms with Gasteiger partial charge in [0, 0.05) is 17.8 Å². The first kappa shape index (κ1) is 55.2. The maximum Gasteiger partial charge on any atom is 0.335 e. The average Bonchev–Trinajstić information content (AvgIpc) is 3.30. The Kier molecular flexibility index (Phi) is 14.9. The van der Waals surface area contributed by atoms with Crippen molar-refractivity contribution in [2.75, 3.05) is 19.8 Å². The number of aliphatic hydroxyl groups is 12. The van der Waals surface area contributed by atoms with Crippen LogP contribution in [0.5, 0.6) is 0 Å². The summed E-state index contributed by atoms with van der Waals surface area (Å²) in [5, 5.41) is 144. The molecule has 0 aromatic rings. The van der Waals surface area contributed by atoms with Gasteiger partial charge in [-0.05, 0) is 72.5 Å². The number of esters is 1. The Morgan fingerprint density at radius 1 is 0.704 bits per heavy atom. The van der Waals surface area contributed by atoms with Crippen LogP contribution in [0.2, 0.25) is 0 Å². The number of fused-ring (bicyclic) bond motifs is 7. The van der Waals surface area contributed by atoms with E-state index in [0.717, 1.165) is 5.57 Å². The van der Waals surface area contributed by atoms with Gasteiger partial charge in [0.15, 0.2) is 25.0 Å². The molecule has 0 spiro atoms. The third-order valence-corrected chi connectivity index (χ3v) is 19.7. The Bertz CT molecular complexity index is 2000. The fourth-order valence-corrected chi connectivity index (χ4v) is 15.5. The van der Waals surface area contributed by atoms with Crippen LogP contribution in [0.15, 0.2) is 11.6 Å². The molecule has 71 heavy (non-hydrogen) atoms. The third-order valence-electron chi connectivity index (χ3n) is 19.7. The van der Waals surface area contributed by atoms with E-state index in [1.54, 1.807) is 0 Å². The summed E-state index contributed by atoms with van der Waals surface area (Å²) in [6.45, 7) is 13.3. The number of allylic oxidation sites excluding steroid dienone is 1. The molecule has 406 valence electrons. The Morgan fingerprint density at radius 2 is 1.35 bits per heavy atom. The molecule has 26 atom stereocenters. The van der Waals surface area contributed by atoms with Gasteiger partial charge in [0.2, 0.25) is 0 Å². The summed E-state index contributed by atoms with van der Waals surface area (Å²) < 4.78 is 41.9. The molecule has 8 rings (SSSR count). The molecule has 5 aliphatic carbocycles. The minimum atomic E-state index is -2.11. The third kappa shape index (κ3) is 8.28. The Balaban J connectivity index is 1.12. The van der Waals surface area contributed by atoms with Gasteiger partial charge in [0.25, 0.3) is 0 Å². The number of hydrogen-bond donors (Lipinski definition) is 13. The van der Waals surface area contributed by atoms with Crippen molar-refractivity contribution in [2.24, 2.45) is 50.2 Å². The summed E-state index contributed by atoms with van der Waals surface area (Å²) in [6, 6.07) is 0. The van der Waals surface area contributed by atoms with Gasteiger partial charge in [-0.2, -0.15) is 0 Å². The molecule has 4 saturated carbocycles. The lowest BCUT2D eigenvalue weighted by atomic mass is 9.32. The second-order valence-corrected chi connectivity index (χ2v) is 23.9. The Morgan fingerprint density at radius 3 is 1.97 bits per heavy atom. The molecular formula is C49H78O22. The van der Waals surface area contributed by atoms with Gasteiger partial charge in [0.05, 0.1) is 43.5 Å². The minimum Gasteiger partial charge on any atom is -0.479 e. The fraction of sp³-hybridized carbons (Fsp3) is 0.918. The van der Waals surface area contributed by atoms with Crippen LogP contribution in [0, 0.1) is 50.2 Å². The summed E-state index contributed by atoms with van der Waals surface area (Å²) in [6.07, 6.45) is -26.9. The first-order valence-corrected chi connectivity index (χ1v) is 25.0. The molecule has 22 heteroatoms. The fourth-order valence-electron chi connectivity index (χ4n) is 15.5. The highest BCUT2D eigenvalue weighted by molar-refractivity contribution is 5.73. The molecule has 0 radical (unpaired) electrons. The van der Waals surface area contributed by atoms with Crippen molar-refractivity contribution >= 4 is 11.9 Å². The highest BCUT2D eigenvalue weighted by Gasteiger charge is 2.75. The number of carbonyl (C=O) groups is 2. The predicted octanol–water partition coefficient (Wildman–Crippen LogP) is -2.20. The number of aliphatic carboxylic acids is 1. The van der Waals surface area contributed by atoms with Crippen molar-refractivity contribution in [3.8, 4) is 0 Å². The van der Waals surface area contributed by atoms with Crippen LogP contribution in [0.4, 0.5) is 0 Å². The van der Waals surface area contributed by atoms with Crippen LogP contribution < -0.4 is 0 Å². The SMILES string of the molecule is CC(=O)O[C@H]1[C@H](O)[C@]2(CO)[C@H](O)[C@H](O)[C@]3(C)C(=CC[C@@H]4[C@@]5(C)CC[C@H](O[C@@H]6O[C@H](C(=O)O)[C@@H](O)[C@H](O[C@@H]7OC[C@H](O)[C@H](O)[C@H]7O)[C@H]6O[C@@H]6O[C@H](CO)[C@@H](O)[C@H](O)[C@H]6O)C(C)(C)[C@@H]5CC[C@]43C)[C@@H]2CC1(C)C. The first-order chi connectivity index (χ1) is 33.0. The zero-order valence-electron chi connectivity index (χ0n) is 41.6. The second kappa shape index (κ2) is 19.2. The van der Waals surface area contributed by atoms with E-state index in [1.165, 1.54) is 6.92 Å².